The number of rotatable bonds is 3. The van der Waals surface area contributed by atoms with Crippen LogP contribution in [0.1, 0.15) is 50.7 Å². The molecule has 1 aromatic heterocycles. The van der Waals surface area contributed by atoms with Gasteiger partial charge >= 0.3 is 0 Å². The van der Waals surface area contributed by atoms with Crippen LogP contribution in [0.5, 0.6) is 0 Å². The van der Waals surface area contributed by atoms with E-state index in [1.165, 1.54) is 69.7 Å². The second kappa shape index (κ2) is 11.7. The van der Waals surface area contributed by atoms with Crippen molar-refractivity contribution in [2.24, 2.45) is 23.7 Å². The molecule has 3 aliphatic rings. The summed E-state index contributed by atoms with van der Waals surface area (Å²) in [6.07, 6.45) is 5.33. The fraction of sp³-hybridized carbons (Fsp3) is 0.216. The van der Waals surface area contributed by atoms with Crippen molar-refractivity contribution in [2.45, 2.75) is 44.9 Å². The number of fused-ring (bicyclic) bond motifs is 13. The van der Waals surface area contributed by atoms with Crippen LogP contribution in [0, 0.1) is 23.7 Å². The van der Waals surface area contributed by atoms with Crippen LogP contribution in [-0.4, -0.2) is 9.97 Å². The van der Waals surface area contributed by atoms with Gasteiger partial charge < -0.3 is 0 Å². The van der Waals surface area contributed by atoms with Crippen molar-refractivity contribution < 1.29 is 0 Å². The molecule has 0 radical (unpaired) electrons. The largest absolute Gasteiger partial charge is 0.244 e. The average molecular weight is 683 g/mol. The molecule has 5 atom stereocenters. The van der Waals surface area contributed by atoms with Crippen molar-refractivity contribution >= 4 is 32.6 Å². The van der Waals surface area contributed by atoms with Gasteiger partial charge in [0.25, 0.3) is 0 Å². The number of aromatic nitrogens is 2. The molecule has 11 rings (SSSR count). The summed E-state index contributed by atoms with van der Waals surface area (Å²) < 4.78 is 0. The molecule has 0 amide bonds. The lowest BCUT2D eigenvalue weighted by Gasteiger charge is -2.54. The molecule has 0 saturated heterocycles. The normalized spacial score (nSPS) is 23.1. The van der Waals surface area contributed by atoms with E-state index in [0.29, 0.717) is 11.8 Å². The van der Waals surface area contributed by atoms with Crippen LogP contribution < -0.4 is 0 Å². The summed E-state index contributed by atoms with van der Waals surface area (Å²) in [5, 5.41) is 5.11. The zero-order valence-corrected chi connectivity index (χ0v) is 30.4. The highest BCUT2D eigenvalue weighted by atomic mass is 14.8. The van der Waals surface area contributed by atoms with Crippen molar-refractivity contribution in [2.75, 3.05) is 0 Å². The predicted octanol–water partition coefficient (Wildman–Crippen LogP) is 13.3. The van der Waals surface area contributed by atoms with E-state index in [0.717, 1.165) is 50.8 Å². The molecule has 7 aromatic carbocycles. The Kier molecular flexibility index (Phi) is 6.84. The topological polar surface area (TPSA) is 25.8 Å². The maximum Gasteiger partial charge on any atom is 0.0973 e. The van der Waals surface area contributed by atoms with E-state index in [4.69, 9.17) is 9.97 Å². The third kappa shape index (κ3) is 4.57. The Hall–Kier alpha value is -5.60. The van der Waals surface area contributed by atoms with Crippen LogP contribution in [0.15, 0.2) is 146 Å². The van der Waals surface area contributed by atoms with Gasteiger partial charge in [-0.1, -0.05) is 147 Å². The van der Waals surface area contributed by atoms with Crippen LogP contribution in [-0.2, 0) is 5.41 Å². The van der Waals surface area contributed by atoms with Gasteiger partial charge in [0.1, 0.15) is 0 Å². The maximum atomic E-state index is 5.58. The Labute approximate surface area is 311 Å². The van der Waals surface area contributed by atoms with Crippen LogP contribution in [0.4, 0.5) is 0 Å². The SMILES string of the molecule is CC1CC2CC(C)C3(c4ccc(-c5nc6c(ccc7ccccc76)nc5-c5ccc(-c6ccccc6)cc5)cc4-c4ccc5ccccc5c43)C(C1)C2. The first kappa shape index (κ1) is 31.0. The summed E-state index contributed by atoms with van der Waals surface area (Å²) in [5.41, 5.74) is 14.3. The van der Waals surface area contributed by atoms with Gasteiger partial charge in [-0.25, -0.2) is 9.97 Å². The monoisotopic (exact) mass is 682 g/mol. The van der Waals surface area contributed by atoms with Gasteiger partial charge in [-0.05, 0) is 111 Å². The lowest BCUT2D eigenvalue weighted by atomic mass is 9.49. The molecule has 2 heteroatoms. The molecular weight excluding hydrogens is 641 g/mol. The van der Waals surface area contributed by atoms with Crippen LogP contribution >= 0.6 is 0 Å². The van der Waals surface area contributed by atoms with Gasteiger partial charge in [0, 0.05) is 21.9 Å². The fourth-order valence-corrected chi connectivity index (χ4v) is 11.3. The number of nitrogens with zero attached hydrogens (tertiary/aromatic N) is 2. The first-order chi connectivity index (χ1) is 26.1. The lowest BCUT2D eigenvalue weighted by Crippen LogP contribution is -2.49. The van der Waals surface area contributed by atoms with Crippen molar-refractivity contribution in [3.8, 4) is 44.8 Å². The van der Waals surface area contributed by atoms with Gasteiger partial charge in [-0.2, -0.15) is 0 Å². The second-order valence-electron chi connectivity index (χ2n) is 16.4. The van der Waals surface area contributed by atoms with Gasteiger partial charge in [-0.3, -0.25) is 0 Å². The molecule has 2 saturated carbocycles. The quantitative estimate of drug-likeness (QED) is 0.173. The summed E-state index contributed by atoms with van der Waals surface area (Å²) in [5.74, 6) is 2.82. The van der Waals surface area contributed by atoms with Gasteiger partial charge in [0.15, 0.2) is 0 Å². The lowest BCUT2D eigenvalue weighted by molar-refractivity contribution is 0.0433. The molecule has 0 N–H and O–H groups in total. The molecule has 3 aliphatic carbocycles. The minimum Gasteiger partial charge on any atom is -0.244 e. The van der Waals surface area contributed by atoms with E-state index in [9.17, 15) is 0 Å². The van der Waals surface area contributed by atoms with E-state index in [2.05, 4.69) is 159 Å². The summed E-state index contributed by atoms with van der Waals surface area (Å²) in [6.45, 7) is 5.07. The highest BCUT2D eigenvalue weighted by Gasteiger charge is 2.57. The van der Waals surface area contributed by atoms with E-state index in [1.807, 2.05) is 0 Å². The molecule has 53 heavy (non-hydrogen) atoms. The molecule has 1 heterocycles. The molecule has 8 aromatic rings. The van der Waals surface area contributed by atoms with Crippen LogP contribution in [0.3, 0.4) is 0 Å². The summed E-state index contributed by atoms with van der Waals surface area (Å²) >= 11 is 0. The van der Waals surface area contributed by atoms with E-state index in [-0.39, 0.29) is 5.41 Å². The summed E-state index contributed by atoms with van der Waals surface area (Å²) in [6, 6.07) is 53.6. The van der Waals surface area contributed by atoms with E-state index >= 15 is 0 Å². The summed E-state index contributed by atoms with van der Waals surface area (Å²) in [4.78, 5) is 11.0. The van der Waals surface area contributed by atoms with Gasteiger partial charge in [0.05, 0.1) is 22.4 Å². The first-order valence-electron chi connectivity index (χ1n) is 19.6. The highest BCUT2D eigenvalue weighted by Crippen LogP contribution is 2.66. The number of hydrogen-bond acceptors (Lipinski definition) is 2. The van der Waals surface area contributed by atoms with Crippen molar-refractivity contribution in [3.63, 3.8) is 0 Å². The third-order valence-electron chi connectivity index (χ3n) is 13.3. The molecule has 2 fully saturated rings. The molecule has 2 bridgehead atoms. The standard InChI is InChI=1S/C51H42N2/c1-31-26-33-28-32(2)51(40(27-31)29-33)45-24-21-39(30-44(45)43-23-20-36-12-6-8-14-41(36)47(43)51)49-48(38-18-16-35(17-19-38)34-10-4-3-5-11-34)52-46-25-22-37-13-7-9-15-42(37)50(46)53-49/h3-25,30-33,40H,26-29H2,1-2H3. The van der Waals surface area contributed by atoms with E-state index < -0.39 is 0 Å². The predicted molar refractivity (Wildman–Crippen MR) is 221 cm³/mol. The van der Waals surface area contributed by atoms with Crippen molar-refractivity contribution in [1.29, 1.82) is 0 Å². The molecule has 0 aliphatic heterocycles. The molecule has 256 valence electrons. The minimum atomic E-state index is 0.0105. The van der Waals surface area contributed by atoms with Crippen LogP contribution in [0.25, 0.3) is 77.3 Å². The number of benzene rings is 7. The van der Waals surface area contributed by atoms with Crippen molar-refractivity contribution in [1.82, 2.24) is 9.97 Å². The Morgan fingerprint density at radius 1 is 0.509 bits per heavy atom. The zero-order valence-electron chi connectivity index (χ0n) is 30.4. The van der Waals surface area contributed by atoms with Crippen molar-refractivity contribution in [3.05, 3.63) is 157 Å². The molecular formula is C51H42N2. The second-order valence-corrected chi connectivity index (χ2v) is 16.4. The fourth-order valence-electron chi connectivity index (χ4n) is 11.3. The van der Waals surface area contributed by atoms with E-state index in [1.54, 1.807) is 5.56 Å². The molecule has 2 nitrogen and oxygen atoms in total. The Morgan fingerprint density at radius 3 is 2.00 bits per heavy atom. The molecule has 1 spiro atoms. The molecule has 5 unspecified atom stereocenters. The minimum absolute atomic E-state index is 0.0105. The third-order valence-corrected chi connectivity index (χ3v) is 13.3. The van der Waals surface area contributed by atoms with Gasteiger partial charge in [-0.15, -0.1) is 0 Å². The average Bonchev–Trinajstić information content (AvgIpc) is 3.51. The Morgan fingerprint density at radius 2 is 1.17 bits per heavy atom. The van der Waals surface area contributed by atoms with Crippen LogP contribution in [0.2, 0.25) is 0 Å². The summed E-state index contributed by atoms with van der Waals surface area (Å²) in [7, 11) is 0. The number of hydrogen-bond donors (Lipinski definition) is 0. The maximum absolute atomic E-state index is 5.58. The Bertz CT molecular complexity index is 2720. The highest BCUT2D eigenvalue weighted by molar-refractivity contribution is 6.06. The smallest absolute Gasteiger partial charge is 0.0973 e. The first-order valence-corrected chi connectivity index (χ1v) is 19.6. The Balaban J connectivity index is 1.16. The zero-order chi connectivity index (χ0) is 35.3. The van der Waals surface area contributed by atoms with Gasteiger partial charge in [0.2, 0.25) is 0 Å².